The van der Waals surface area contributed by atoms with Crippen molar-refractivity contribution in [3.8, 4) is 11.5 Å². The first-order chi connectivity index (χ1) is 8.08. The van der Waals surface area contributed by atoms with E-state index in [1.165, 1.54) is 0 Å². The van der Waals surface area contributed by atoms with Crippen molar-refractivity contribution in [2.75, 3.05) is 5.73 Å². The molecule has 0 fully saturated rings. The van der Waals surface area contributed by atoms with Crippen molar-refractivity contribution in [2.24, 2.45) is 0 Å². The maximum absolute atomic E-state index is 5.92. The van der Waals surface area contributed by atoms with Crippen molar-refractivity contribution in [3.63, 3.8) is 0 Å². The standard InChI is InChI=1S/C14H14BrNO/c1-9-7-11(16)8-10(2)14(9)17-13-6-4-3-5-12(13)15/h3-8H,16H2,1-2H3. The van der Waals surface area contributed by atoms with E-state index >= 15 is 0 Å². The van der Waals surface area contributed by atoms with Crippen LogP contribution < -0.4 is 10.5 Å². The molecule has 0 aliphatic carbocycles. The molecule has 0 saturated heterocycles. The van der Waals surface area contributed by atoms with Gasteiger partial charge >= 0.3 is 0 Å². The molecule has 88 valence electrons. The highest BCUT2D eigenvalue weighted by Gasteiger charge is 2.08. The van der Waals surface area contributed by atoms with E-state index in [9.17, 15) is 0 Å². The van der Waals surface area contributed by atoms with Gasteiger partial charge in [0.2, 0.25) is 0 Å². The van der Waals surface area contributed by atoms with Gasteiger partial charge in [-0.3, -0.25) is 0 Å². The van der Waals surface area contributed by atoms with Crippen LogP contribution in [0.2, 0.25) is 0 Å². The van der Waals surface area contributed by atoms with Gasteiger partial charge in [0, 0.05) is 5.69 Å². The van der Waals surface area contributed by atoms with Crippen LogP contribution in [-0.4, -0.2) is 0 Å². The van der Waals surface area contributed by atoms with Crippen LogP contribution in [0.25, 0.3) is 0 Å². The van der Waals surface area contributed by atoms with Crippen molar-refractivity contribution in [1.82, 2.24) is 0 Å². The number of para-hydroxylation sites is 1. The molecule has 2 rings (SSSR count). The van der Waals surface area contributed by atoms with Gasteiger partial charge in [0.15, 0.2) is 0 Å². The molecule has 0 aromatic heterocycles. The van der Waals surface area contributed by atoms with Gasteiger partial charge < -0.3 is 10.5 Å². The van der Waals surface area contributed by atoms with E-state index in [0.717, 1.165) is 32.8 Å². The molecule has 17 heavy (non-hydrogen) atoms. The fourth-order valence-electron chi connectivity index (χ4n) is 1.78. The Morgan fingerprint density at radius 2 is 1.65 bits per heavy atom. The van der Waals surface area contributed by atoms with Gasteiger partial charge in [0.05, 0.1) is 4.47 Å². The molecule has 2 aromatic rings. The average Bonchev–Trinajstić information content (AvgIpc) is 2.25. The van der Waals surface area contributed by atoms with Gasteiger partial charge in [0.25, 0.3) is 0 Å². The van der Waals surface area contributed by atoms with Gasteiger partial charge in [-0.25, -0.2) is 0 Å². The van der Waals surface area contributed by atoms with Crippen LogP contribution in [0.15, 0.2) is 40.9 Å². The third-order valence-electron chi connectivity index (χ3n) is 2.53. The molecule has 0 bridgehead atoms. The van der Waals surface area contributed by atoms with E-state index < -0.39 is 0 Å². The van der Waals surface area contributed by atoms with Crippen LogP contribution in [-0.2, 0) is 0 Å². The third kappa shape index (κ3) is 2.61. The molecule has 0 aliphatic rings. The highest BCUT2D eigenvalue weighted by atomic mass is 79.9. The summed E-state index contributed by atoms with van der Waals surface area (Å²) < 4.78 is 6.86. The van der Waals surface area contributed by atoms with E-state index in [4.69, 9.17) is 10.5 Å². The summed E-state index contributed by atoms with van der Waals surface area (Å²) in [5.41, 5.74) is 8.63. The number of aryl methyl sites for hydroxylation is 2. The summed E-state index contributed by atoms with van der Waals surface area (Å²) in [6, 6.07) is 11.6. The molecule has 0 spiro atoms. The smallest absolute Gasteiger partial charge is 0.141 e. The first-order valence-corrected chi connectivity index (χ1v) is 6.16. The molecule has 0 aliphatic heterocycles. The number of anilines is 1. The van der Waals surface area contributed by atoms with Crippen molar-refractivity contribution in [3.05, 3.63) is 52.0 Å². The van der Waals surface area contributed by atoms with Gasteiger partial charge in [0.1, 0.15) is 11.5 Å². The minimum atomic E-state index is 0.763. The number of benzene rings is 2. The summed E-state index contributed by atoms with van der Waals surface area (Å²) >= 11 is 3.47. The number of hydrogen-bond acceptors (Lipinski definition) is 2. The number of rotatable bonds is 2. The van der Waals surface area contributed by atoms with Crippen molar-refractivity contribution >= 4 is 21.6 Å². The Morgan fingerprint density at radius 3 is 2.24 bits per heavy atom. The largest absolute Gasteiger partial charge is 0.456 e. The Labute approximate surface area is 110 Å². The monoisotopic (exact) mass is 291 g/mol. The number of ether oxygens (including phenoxy) is 1. The van der Waals surface area contributed by atoms with Crippen molar-refractivity contribution < 1.29 is 4.74 Å². The average molecular weight is 292 g/mol. The fraction of sp³-hybridized carbons (Fsp3) is 0.143. The molecule has 0 unspecified atom stereocenters. The second-order valence-electron chi connectivity index (χ2n) is 4.02. The lowest BCUT2D eigenvalue weighted by atomic mass is 10.1. The highest BCUT2D eigenvalue weighted by molar-refractivity contribution is 9.10. The van der Waals surface area contributed by atoms with Crippen molar-refractivity contribution in [2.45, 2.75) is 13.8 Å². The van der Waals surface area contributed by atoms with Crippen molar-refractivity contribution in [1.29, 1.82) is 0 Å². The zero-order valence-corrected chi connectivity index (χ0v) is 11.4. The first kappa shape index (κ1) is 12.0. The Bertz CT molecular complexity index is 529. The molecule has 0 atom stereocenters. The zero-order valence-electron chi connectivity index (χ0n) is 9.83. The van der Waals surface area contributed by atoms with Gasteiger partial charge in [-0.2, -0.15) is 0 Å². The van der Waals surface area contributed by atoms with E-state index in [0.29, 0.717) is 0 Å². The van der Waals surface area contributed by atoms with Gasteiger partial charge in [-0.05, 0) is 65.2 Å². The normalized spacial score (nSPS) is 10.3. The molecule has 2 nitrogen and oxygen atoms in total. The second kappa shape index (κ2) is 4.80. The topological polar surface area (TPSA) is 35.2 Å². The van der Waals surface area contributed by atoms with E-state index in [1.54, 1.807) is 0 Å². The Hall–Kier alpha value is -1.48. The molecular formula is C14H14BrNO. The third-order valence-corrected chi connectivity index (χ3v) is 3.19. The quantitative estimate of drug-likeness (QED) is 0.830. The summed E-state index contributed by atoms with van der Waals surface area (Å²) in [5, 5.41) is 0. The predicted molar refractivity (Wildman–Crippen MR) is 74.5 cm³/mol. The maximum Gasteiger partial charge on any atom is 0.141 e. The summed E-state index contributed by atoms with van der Waals surface area (Å²) in [4.78, 5) is 0. The van der Waals surface area contributed by atoms with Gasteiger partial charge in [-0.1, -0.05) is 12.1 Å². The summed E-state index contributed by atoms with van der Waals surface area (Å²) in [6.07, 6.45) is 0. The lowest BCUT2D eigenvalue weighted by molar-refractivity contribution is 0.472. The zero-order chi connectivity index (χ0) is 12.4. The minimum absolute atomic E-state index is 0.763. The molecule has 0 heterocycles. The van der Waals surface area contributed by atoms with Crippen LogP contribution in [0.4, 0.5) is 5.69 Å². The summed E-state index contributed by atoms with van der Waals surface area (Å²) in [5.74, 6) is 1.68. The predicted octanol–water partition coefficient (Wildman–Crippen LogP) is 4.44. The highest BCUT2D eigenvalue weighted by Crippen LogP contribution is 2.34. The van der Waals surface area contributed by atoms with Crippen LogP contribution in [0.3, 0.4) is 0 Å². The molecule has 0 saturated carbocycles. The number of nitrogen functional groups attached to an aromatic ring is 1. The molecular weight excluding hydrogens is 278 g/mol. The van der Waals surface area contributed by atoms with E-state index in [-0.39, 0.29) is 0 Å². The molecule has 2 aromatic carbocycles. The van der Waals surface area contributed by atoms with Crippen LogP contribution >= 0.6 is 15.9 Å². The summed E-state index contributed by atoms with van der Waals surface area (Å²) in [6.45, 7) is 3.99. The second-order valence-corrected chi connectivity index (χ2v) is 4.87. The Morgan fingerprint density at radius 1 is 1.06 bits per heavy atom. The lowest BCUT2D eigenvalue weighted by Gasteiger charge is -2.13. The van der Waals surface area contributed by atoms with Crippen LogP contribution in [0.5, 0.6) is 11.5 Å². The van der Waals surface area contributed by atoms with Crippen LogP contribution in [0, 0.1) is 13.8 Å². The lowest BCUT2D eigenvalue weighted by Crippen LogP contribution is -1.94. The summed E-state index contributed by atoms with van der Waals surface area (Å²) in [7, 11) is 0. The number of halogens is 1. The molecule has 0 amide bonds. The SMILES string of the molecule is Cc1cc(N)cc(C)c1Oc1ccccc1Br. The van der Waals surface area contributed by atoms with Gasteiger partial charge in [-0.15, -0.1) is 0 Å². The molecule has 2 N–H and O–H groups in total. The van der Waals surface area contributed by atoms with Crippen LogP contribution in [0.1, 0.15) is 11.1 Å². The Balaban J connectivity index is 2.40. The first-order valence-electron chi connectivity index (χ1n) is 5.37. The number of nitrogens with two attached hydrogens (primary N) is 1. The fourth-order valence-corrected chi connectivity index (χ4v) is 2.15. The minimum Gasteiger partial charge on any atom is -0.456 e. The van der Waals surface area contributed by atoms with E-state index in [2.05, 4.69) is 15.9 Å². The Kier molecular flexibility index (Phi) is 3.38. The maximum atomic E-state index is 5.92. The number of hydrogen-bond donors (Lipinski definition) is 1. The van der Waals surface area contributed by atoms with E-state index in [1.807, 2.05) is 50.2 Å². The molecule has 0 radical (unpaired) electrons. The molecule has 3 heteroatoms.